The summed E-state index contributed by atoms with van der Waals surface area (Å²) in [7, 11) is 0. The van der Waals surface area contributed by atoms with Crippen LogP contribution in [0, 0.1) is 5.92 Å². The first-order chi connectivity index (χ1) is 13.1. The molecule has 0 aliphatic rings. The second kappa shape index (κ2) is 7.29. The van der Waals surface area contributed by atoms with Crippen molar-refractivity contribution >= 4 is 11.2 Å². The van der Waals surface area contributed by atoms with Gasteiger partial charge < -0.3 is 9.67 Å². The predicted octanol–water partition coefficient (Wildman–Crippen LogP) is 4.23. The summed E-state index contributed by atoms with van der Waals surface area (Å²) in [5.41, 5.74) is 4.37. The number of aliphatic hydroxyl groups is 1. The van der Waals surface area contributed by atoms with Gasteiger partial charge in [-0.2, -0.15) is 0 Å². The second-order valence-corrected chi connectivity index (χ2v) is 7.02. The van der Waals surface area contributed by atoms with E-state index in [1.165, 1.54) is 5.56 Å². The molecule has 1 unspecified atom stereocenters. The molecule has 0 fully saturated rings. The molecule has 2 heterocycles. The fourth-order valence-corrected chi connectivity index (χ4v) is 3.08. The summed E-state index contributed by atoms with van der Waals surface area (Å²) < 4.78 is 2.01. The zero-order chi connectivity index (χ0) is 18.8. The number of rotatable bonds is 5. The van der Waals surface area contributed by atoms with Crippen molar-refractivity contribution in [3.05, 3.63) is 78.4 Å². The maximum absolute atomic E-state index is 10.6. The van der Waals surface area contributed by atoms with E-state index in [2.05, 4.69) is 27.1 Å². The topological polar surface area (TPSA) is 63.8 Å². The van der Waals surface area contributed by atoms with Crippen molar-refractivity contribution in [3.63, 3.8) is 0 Å². The number of hydrogen-bond acceptors (Lipinski definition) is 4. The number of aromatic nitrogens is 4. The second-order valence-electron chi connectivity index (χ2n) is 7.02. The van der Waals surface area contributed by atoms with E-state index in [0.29, 0.717) is 12.4 Å². The van der Waals surface area contributed by atoms with Crippen LogP contribution in [-0.4, -0.2) is 24.6 Å². The lowest BCUT2D eigenvalue weighted by Crippen LogP contribution is -2.12. The number of nitrogens with zero attached hydrogens (tertiary/aromatic N) is 4. The molecule has 5 heteroatoms. The fraction of sp³-hybridized carbons (Fsp3) is 0.227. The summed E-state index contributed by atoms with van der Waals surface area (Å²) in [5, 5.41) is 10.6. The number of hydrogen-bond donors (Lipinski definition) is 1. The molecule has 4 aromatic rings. The van der Waals surface area contributed by atoms with Crippen molar-refractivity contribution in [2.24, 2.45) is 5.92 Å². The number of aliphatic hydroxyl groups excluding tert-OH is 1. The Kier molecular flexibility index (Phi) is 4.69. The Morgan fingerprint density at radius 1 is 0.926 bits per heavy atom. The molecule has 2 aromatic heterocycles. The fourth-order valence-electron chi connectivity index (χ4n) is 3.08. The molecule has 136 valence electrons. The van der Waals surface area contributed by atoms with E-state index in [-0.39, 0.29) is 5.92 Å². The molecule has 0 spiro atoms. The van der Waals surface area contributed by atoms with E-state index in [0.717, 1.165) is 22.4 Å². The van der Waals surface area contributed by atoms with E-state index in [1.807, 2.05) is 66.9 Å². The van der Waals surface area contributed by atoms with Crippen LogP contribution in [0.3, 0.4) is 0 Å². The van der Waals surface area contributed by atoms with E-state index in [9.17, 15) is 5.11 Å². The molecule has 0 aliphatic carbocycles. The van der Waals surface area contributed by atoms with Crippen LogP contribution < -0.4 is 0 Å². The van der Waals surface area contributed by atoms with Crippen molar-refractivity contribution in [1.82, 2.24) is 19.5 Å². The maximum Gasteiger partial charge on any atom is 0.164 e. The van der Waals surface area contributed by atoms with Gasteiger partial charge in [0.25, 0.3) is 0 Å². The third-order valence-electron chi connectivity index (χ3n) is 4.62. The van der Waals surface area contributed by atoms with E-state index >= 15 is 0 Å². The minimum absolute atomic E-state index is 0.0246. The van der Waals surface area contributed by atoms with E-state index in [4.69, 9.17) is 0 Å². The highest BCUT2D eigenvalue weighted by Gasteiger charge is 2.21. The van der Waals surface area contributed by atoms with Crippen LogP contribution in [0.5, 0.6) is 0 Å². The van der Waals surface area contributed by atoms with E-state index in [1.54, 1.807) is 6.33 Å². The third kappa shape index (κ3) is 3.46. The summed E-state index contributed by atoms with van der Waals surface area (Å²) in [6.45, 7) is 4.59. The molecule has 5 nitrogen and oxygen atoms in total. The highest BCUT2D eigenvalue weighted by Crippen LogP contribution is 2.28. The van der Waals surface area contributed by atoms with Gasteiger partial charge in [-0.05, 0) is 11.5 Å². The van der Waals surface area contributed by atoms with Crippen LogP contribution in [0.2, 0.25) is 0 Å². The lowest BCUT2D eigenvalue weighted by Gasteiger charge is -2.15. The molecule has 4 rings (SSSR count). The molecule has 1 N–H and O–H groups in total. The van der Waals surface area contributed by atoms with Crippen molar-refractivity contribution in [1.29, 1.82) is 0 Å². The molecule has 1 atom stereocenters. The molecule has 27 heavy (non-hydrogen) atoms. The van der Waals surface area contributed by atoms with Gasteiger partial charge in [-0.25, -0.2) is 15.0 Å². The summed E-state index contributed by atoms with van der Waals surface area (Å²) >= 11 is 0. The summed E-state index contributed by atoms with van der Waals surface area (Å²) in [6, 6.07) is 20.1. The smallest absolute Gasteiger partial charge is 0.164 e. The minimum Gasteiger partial charge on any atom is -0.385 e. The highest BCUT2D eigenvalue weighted by molar-refractivity contribution is 5.87. The third-order valence-corrected chi connectivity index (χ3v) is 4.62. The molecule has 0 saturated heterocycles. The van der Waals surface area contributed by atoms with Gasteiger partial charge in [-0.15, -0.1) is 0 Å². The Balaban J connectivity index is 1.89. The first kappa shape index (κ1) is 17.4. The Hall–Kier alpha value is -3.05. The molecule has 0 saturated carbocycles. The lowest BCUT2D eigenvalue weighted by molar-refractivity contribution is 0.118. The first-order valence-corrected chi connectivity index (χ1v) is 9.13. The van der Waals surface area contributed by atoms with Gasteiger partial charge in [-0.3, -0.25) is 0 Å². The molecule has 0 aliphatic heterocycles. The Morgan fingerprint density at radius 2 is 1.59 bits per heavy atom. The summed E-state index contributed by atoms with van der Waals surface area (Å²) in [6.07, 6.45) is 1.07. The Morgan fingerprint density at radius 3 is 2.26 bits per heavy atom. The van der Waals surface area contributed by atoms with E-state index < -0.39 is 6.10 Å². The average Bonchev–Trinajstić information content (AvgIpc) is 3.11. The Bertz CT molecular complexity index is 1040. The van der Waals surface area contributed by atoms with Gasteiger partial charge >= 0.3 is 0 Å². The van der Waals surface area contributed by atoms with Crippen LogP contribution in [0.15, 0.2) is 67.0 Å². The normalized spacial score (nSPS) is 12.6. The molecular formula is C22H22N4O. The molecular weight excluding hydrogens is 336 g/mol. The monoisotopic (exact) mass is 358 g/mol. The standard InChI is InChI=1S/C22H22N4O/c1-15(2)20(27)21-24-18(17-11-7-4-8-12-17)19-22(25-21)26(14-23-19)13-16-9-5-3-6-10-16/h3-12,14-15,20,27H,13H2,1-2H3. The van der Waals surface area contributed by atoms with Crippen LogP contribution >= 0.6 is 0 Å². The lowest BCUT2D eigenvalue weighted by atomic mass is 10.1. The predicted molar refractivity (Wildman–Crippen MR) is 106 cm³/mol. The molecule has 0 bridgehead atoms. The number of fused-ring (bicyclic) bond motifs is 1. The zero-order valence-electron chi connectivity index (χ0n) is 15.4. The quantitative estimate of drug-likeness (QED) is 0.580. The van der Waals surface area contributed by atoms with Gasteiger partial charge in [0, 0.05) is 5.56 Å². The summed E-state index contributed by atoms with van der Waals surface area (Å²) in [4.78, 5) is 13.9. The van der Waals surface area contributed by atoms with Crippen molar-refractivity contribution in [3.8, 4) is 11.3 Å². The van der Waals surface area contributed by atoms with Gasteiger partial charge in [0.15, 0.2) is 11.5 Å². The van der Waals surface area contributed by atoms with Crippen molar-refractivity contribution < 1.29 is 5.11 Å². The zero-order valence-corrected chi connectivity index (χ0v) is 15.4. The van der Waals surface area contributed by atoms with Crippen molar-refractivity contribution in [2.75, 3.05) is 0 Å². The molecule has 2 aromatic carbocycles. The maximum atomic E-state index is 10.6. The first-order valence-electron chi connectivity index (χ1n) is 9.13. The molecule has 0 radical (unpaired) electrons. The van der Waals surface area contributed by atoms with Gasteiger partial charge in [0.1, 0.15) is 17.3 Å². The number of imidazole rings is 1. The average molecular weight is 358 g/mol. The van der Waals surface area contributed by atoms with Crippen LogP contribution in [0.25, 0.3) is 22.4 Å². The highest BCUT2D eigenvalue weighted by atomic mass is 16.3. The van der Waals surface area contributed by atoms with Crippen LogP contribution in [0.4, 0.5) is 0 Å². The SMILES string of the molecule is CC(C)C(O)c1nc(-c2ccccc2)c2ncn(Cc3ccccc3)c2n1. The van der Waals surface area contributed by atoms with Crippen LogP contribution in [0.1, 0.15) is 31.3 Å². The minimum atomic E-state index is -0.725. The largest absolute Gasteiger partial charge is 0.385 e. The van der Waals surface area contributed by atoms with Crippen molar-refractivity contribution in [2.45, 2.75) is 26.5 Å². The van der Waals surface area contributed by atoms with Gasteiger partial charge in [0.2, 0.25) is 0 Å². The number of benzene rings is 2. The van der Waals surface area contributed by atoms with Crippen LogP contribution in [-0.2, 0) is 6.54 Å². The Labute approximate surface area is 158 Å². The van der Waals surface area contributed by atoms with Gasteiger partial charge in [-0.1, -0.05) is 74.5 Å². The van der Waals surface area contributed by atoms with Gasteiger partial charge in [0.05, 0.1) is 12.9 Å². The molecule has 0 amide bonds. The summed E-state index contributed by atoms with van der Waals surface area (Å²) in [5.74, 6) is 0.461.